The third-order valence-electron chi connectivity index (χ3n) is 4.52. The summed E-state index contributed by atoms with van der Waals surface area (Å²) in [6.45, 7) is 3.97. The molecule has 1 aliphatic rings. The minimum absolute atomic E-state index is 0.0184. The molecule has 2 aromatic rings. The molecule has 1 aliphatic heterocycles. The first kappa shape index (κ1) is 19.5. The van der Waals surface area contributed by atoms with Crippen molar-refractivity contribution in [2.24, 2.45) is 0 Å². The Hall–Kier alpha value is -1.27. The zero-order valence-corrected chi connectivity index (χ0v) is 17.0. The van der Waals surface area contributed by atoms with Crippen molar-refractivity contribution in [1.82, 2.24) is 13.8 Å². The monoisotopic (exact) mass is 419 g/mol. The summed E-state index contributed by atoms with van der Waals surface area (Å²) in [6.07, 6.45) is 1.21. The quantitative estimate of drug-likeness (QED) is 0.674. The number of benzene rings is 1. The number of rotatable bonds is 5. The second kappa shape index (κ2) is 7.04. The van der Waals surface area contributed by atoms with Crippen LogP contribution in [0.4, 0.5) is 0 Å². The molecule has 144 valence electrons. The van der Waals surface area contributed by atoms with Gasteiger partial charge in [0.15, 0.2) is 15.4 Å². The van der Waals surface area contributed by atoms with E-state index in [1.807, 2.05) is 0 Å². The smallest absolute Gasteiger partial charge is 0.270 e. The second-order valence-corrected chi connectivity index (χ2v) is 10.9. The van der Waals surface area contributed by atoms with Crippen LogP contribution in [0.3, 0.4) is 0 Å². The maximum absolute atomic E-state index is 12.1. The molecule has 8 nitrogen and oxygen atoms in total. The van der Waals surface area contributed by atoms with Crippen molar-refractivity contribution >= 4 is 43.2 Å². The van der Waals surface area contributed by atoms with Crippen molar-refractivity contribution in [2.45, 2.75) is 18.5 Å². The number of piperazine rings is 1. The van der Waals surface area contributed by atoms with Gasteiger partial charge in [-0.15, -0.1) is 0 Å². The fourth-order valence-corrected chi connectivity index (χ4v) is 4.91. The molecule has 0 atom stereocenters. The number of nitrogens with zero attached hydrogens (tertiary/aromatic N) is 3. The van der Waals surface area contributed by atoms with Crippen molar-refractivity contribution in [3.63, 3.8) is 0 Å². The molecule has 0 N–H and O–H groups in total. The molecule has 0 radical (unpaired) electrons. The lowest BCUT2D eigenvalue weighted by atomic mass is 10.3. The van der Waals surface area contributed by atoms with E-state index in [4.69, 9.17) is 16.6 Å². The summed E-state index contributed by atoms with van der Waals surface area (Å²) in [5, 5.41) is 0. The van der Waals surface area contributed by atoms with Crippen molar-refractivity contribution < 1.29 is 21.3 Å². The first-order chi connectivity index (χ1) is 12.1. The van der Waals surface area contributed by atoms with Crippen LogP contribution in [0.15, 0.2) is 27.5 Å². The zero-order valence-electron chi connectivity index (χ0n) is 14.6. The van der Waals surface area contributed by atoms with Gasteiger partial charge in [-0.25, -0.2) is 16.8 Å². The Morgan fingerprint density at radius 2 is 1.77 bits per heavy atom. The van der Waals surface area contributed by atoms with Gasteiger partial charge in [0, 0.05) is 26.2 Å². The van der Waals surface area contributed by atoms with Crippen LogP contribution in [0, 0.1) is 4.84 Å². The van der Waals surface area contributed by atoms with Crippen LogP contribution in [-0.4, -0.2) is 68.8 Å². The summed E-state index contributed by atoms with van der Waals surface area (Å²) in [7, 11) is -6.51. The number of fused-ring (bicyclic) bond motifs is 1. The van der Waals surface area contributed by atoms with Crippen LogP contribution in [0.1, 0.15) is 6.92 Å². The van der Waals surface area contributed by atoms with Gasteiger partial charge in [-0.3, -0.25) is 9.47 Å². The lowest BCUT2D eigenvalue weighted by Gasteiger charge is -2.33. The van der Waals surface area contributed by atoms with Crippen molar-refractivity contribution in [1.29, 1.82) is 0 Å². The highest BCUT2D eigenvalue weighted by Crippen LogP contribution is 2.23. The van der Waals surface area contributed by atoms with Crippen LogP contribution < -0.4 is 0 Å². The molecule has 11 heteroatoms. The lowest BCUT2D eigenvalue weighted by Crippen LogP contribution is -2.48. The van der Waals surface area contributed by atoms with Crippen molar-refractivity contribution in [3.05, 3.63) is 23.0 Å². The normalized spacial score (nSPS) is 17.8. The van der Waals surface area contributed by atoms with Gasteiger partial charge in [0.05, 0.1) is 29.1 Å². The van der Waals surface area contributed by atoms with E-state index in [2.05, 4.69) is 4.90 Å². The van der Waals surface area contributed by atoms with Gasteiger partial charge in [0.25, 0.3) is 4.84 Å². The Kier molecular flexibility index (Phi) is 5.28. The van der Waals surface area contributed by atoms with E-state index < -0.39 is 19.9 Å². The molecule has 1 fully saturated rings. The number of hydrogen-bond donors (Lipinski definition) is 0. The molecule has 1 aromatic heterocycles. The van der Waals surface area contributed by atoms with E-state index in [9.17, 15) is 16.8 Å². The summed E-state index contributed by atoms with van der Waals surface area (Å²) in [4.78, 5) is 2.56. The highest BCUT2D eigenvalue weighted by Gasteiger charge is 2.24. The molecular weight excluding hydrogens is 398 g/mol. The van der Waals surface area contributed by atoms with Gasteiger partial charge >= 0.3 is 0 Å². The van der Waals surface area contributed by atoms with E-state index in [1.54, 1.807) is 23.6 Å². The van der Waals surface area contributed by atoms with Gasteiger partial charge < -0.3 is 4.42 Å². The van der Waals surface area contributed by atoms with Crippen molar-refractivity contribution in [2.75, 3.05) is 38.2 Å². The highest BCUT2D eigenvalue weighted by atomic mass is 32.2. The van der Waals surface area contributed by atoms with Crippen LogP contribution in [-0.2, 0) is 26.5 Å². The Bertz CT molecular complexity index is 1080. The molecular formula is C15H21N3O5S3. The third-order valence-corrected chi connectivity index (χ3v) is 7.86. The van der Waals surface area contributed by atoms with E-state index >= 15 is 0 Å². The highest BCUT2D eigenvalue weighted by molar-refractivity contribution is 7.91. The average Bonchev–Trinajstić information content (AvgIpc) is 2.89. The Balaban J connectivity index is 1.88. The molecule has 0 amide bonds. The Labute approximate surface area is 158 Å². The molecule has 0 saturated carbocycles. The minimum atomic E-state index is -3.33. The topological polar surface area (TPSA) is 92.8 Å². The van der Waals surface area contributed by atoms with Crippen LogP contribution >= 0.6 is 12.2 Å². The molecule has 0 bridgehead atoms. The van der Waals surface area contributed by atoms with E-state index in [1.165, 1.54) is 16.6 Å². The molecule has 3 rings (SSSR count). The largest absolute Gasteiger partial charge is 0.429 e. The molecule has 26 heavy (non-hydrogen) atoms. The standard InChI is InChI=1S/C15H21N3O5S3/c1-3-26(21,22)12-4-5-14-13(10-12)18(15(24)23-14)11-16-6-8-17(9-7-16)25(2,19)20/h4-5,10H,3,6-9,11H2,1-2H3. The Morgan fingerprint density at radius 3 is 2.35 bits per heavy atom. The lowest BCUT2D eigenvalue weighted by molar-refractivity contribution is 0.152. The first-order valence-electron chi connectivity index (χ1n) is 8.15. The maximum Gasteiger partial charge on any atom is 0.270 e. The number of sulfone groups is 1. The Morgan fingerprint density at radius 1 is 1.12 bits per heavy atom. The maximum atomic E-state index is 12.1. The van der Waals surface area contributed by atoms with Crippen LogP contribution in [0.5, 0.6) is 0 Å². The van der Waals surface area contributed by atoms with E-state index in [-0.39, 0.29) is 15.5 Å². The van der Waals surface area contributed by atoms with Crippen molar-refractivity contribution in [3.8, 4) is 0 Å². The van der Waals surface area contributed by atoms with Gasteiger partial charge in [-0.1, -0.05) is 6.92 Å². The average molecular weight is 420 g/mol. The molecule has 2 heterocycles. The second-order valence-electron chi connectivity index (χ2n) is 6.25. The molecule has 0 aliphatic carbocycles. The summed E-state index contributed by atoms with van der Waals surface area (Å²) < 4.78 is 56.3. The molecule has 0 unspecified atom stereocenters. The molecule has 0 spiro atoms. The zero-order chi connectivity index (χ0) is 19.1. The number of oxazole rings is 1. The number of sulfonamides is 1. The predicted molar refractivity (Wildman–Crippen MR) is 101 cm³/mol. The SMILES string of the molecule is CCS(=O)(=O)c1ccc2oc(=S)n(CN3CCN(S(C)(=O)=O)CC3)c2c1. The number of aromatic nitrogens is 1. The number of hydrogen-bond acceptors (Lipinski definition) is 7. The van der Waals surface area contributed by atoms with E-state index in [0.29, 0.717) is 43.9 Å². The summed E-state index contributed by atoms with van der Waals surface area (Å²) in [6, 6.07) is 4.72. The third kappa shape index (κ3) is 3.86. The van der Waals surface area contributed by atoms with Crippen LogP contribution in [0.2, 0.25) is 0 Å². The minimum Gasteiger partial charge on any atom is -0.429 e. The van der Waals surface area contributed by atoms with Gasteiger partial charge in [-0.05, 0) is 30.4 Å². The van der Waals surface area contributed by atoms with Crippen LogP contribution in [0.25, 0.3) is 11.1 Å². The van der Waals surface area contributed by atoms with Gasteiger partial charge in [0.1, 0.15) is 0 Å². The predicted octanol–water partition coefficient (Wildman–Crippen LogP) is 1.29. The van der Waals surface area contributed by atoms with E-state index in [0.717, 1.165) is 0 Å². The summed E-state index contributed by atoms with van der Waals surface area (Å²) in [5.74, 6) is 0.0184. The molecule has 1 saturated heterocycles. The summed E-state index contributed by atoms with van der Waals surface area (Å²) >= 11 is 5.28. The fraction of sp³-hybridized carbons (Fsp3) is 0.533. The fourth-order valence-electron chi connectivity index (χ4n) is 2.94. The van der Waals surface area contributed by atoms with Gasteiger partial charge in [-0.2, -0.15) is 4.31 Å². The first-order valence-corrected chi connectivity index (χ1v) is 12.1. The molecule has 1 aromatic carbocycles. The summed E-state index contributed by atoms with van der Waals surface area (Å²) in [5.41, 5.74) is 1.15. The van der Waals surface area contributed by atoms with Gasteiger partial charge in [0.2, 0.25) is 10.0 Å².